The first-order chi connectivity index (χ1) is 6.92. The van der Waals surface area contributed by atoms with Gasteiger partial charge in [0.1, 0.15) is 0 Å². The molecule has 14 heavy (non-hydrogen) atoms. The van der Waals surface area contributed by atoms with Gasteiger partial charge in [-0.25, -0.2) is 9.80 Å². The highest BCUT2D eigenvalue weighted by molar-refractivity contribution is 7.99. The quantitative estimate of drug-likeness (QED) is 0.594. The van der Waals surface area contributed by atoms with Gasteiger partial charge in [-0.1, -0.05) is 0 Å². The highest BCUT2D eigenvalue weighted by Gasteiger charge is 2.26. The lowest BCUT2D eigenvalue weighted by atomic mass is 10.1. The summed E-state index contributed by atoms with van der Waals surface area (Å²) >= 11 is 3.38. The van der Waals surface area contributed by atoms with Crippen LogP contribution in [-0.4, -0.2) is 28.6 Å². The molecule has 3 N–H and O–H groups in total. The van der Waals surface area contributed by atoms with E-state index in [0.29, 0.717) is 0 Å². The minimum absolute atomic E-state index is 0.0790. The van der Waals surface area contributed by atoms with E-state index in [2.05, 4.69) is 9.80 Å². The van der Waals surface area contributed by atoms with Crippen LogP contribution in [0.5, 0.6) is 0 Å². The predicted octanol–water partition coefficient (Wildman–Crippen LogP) is 0.779. The Morgan fingerprint density at radius 1 is 1.71 bits per heavy atom. The number of hydrogen-bond acceptors (Lipinski definition) is 6. The second-order valence-electron chi connectivity index (χ2n) is 3.04. The van der Waals surface area contributed by atoms with Gasteiger partial charge in [0.15, 0.2) is 0 Å². The third-order valence-corrected chi connectivity index (χ3v) is 4.00. The SMILES string of the molecule is NNC(c1ccns1)C1CSCCO1. The van der Waals surface area contributed by atoms with Crippen LogP contribution in [0.15, 0.2) is 12.3 Å². The van der Waals surface area contributed by atoms with Crippen molar-refractivity contribution in [1.82, 2.24) is 9.80 Å². The molecule has 2 heterocycles. The lowest BCUT2D eigenvalue weighted by Crippen LogP contribution is -2.40. The van der Waals surface area contributed by atoms with Crippen molar-refractivity contribution in [3.05, 3.63) is 17.1 Å². The maximum Gasteiger partial charge on any atom is 0.0881 e. The summed E-state index contributed by atoms with van der Waals surface area (Å²) in [6.45, 7) is 0.812. The molecular formula is C8H13N3OS2. The number of aromatic nitrogens is 1. The van der Waals surface area contributed by atoms with E-state index in [1.165, 1.54) is 11.5 Å². The first-order valence-electron chi connectivity index (χ1n) is 4.48. The van der Waals surface area contributed by atoms with Crippen molar-refractivity contribution in [2.24, 2.45) is 5.84 Å². The van der Waals surface area contributed by atoms with Crippen molar-refractivity contribution in [2.75, 3.05) is 18.1 Å². The molecule has 1 aliphatic rings. The molecule has 2 atom stereocenters. The maximum atomic E-state index is 5.67. The molecule has 2 unspecified atom stereocenters. The summed E-state index contributed by atoms with van der Waals surface area (Å²) < 4.78 is 9.74. The molecule has 1 aromatic rings. The summed E-state index contributed by atoms with van der Waals surface area (Å²) in [7, 11) is 0. The number of nitrogens with zero attached hydrogens (tertiary/aromatic N) is 1. The van der Waals surface area contributed by atoms with Crippen LogP contribution < -0.4 is 11.3 Å². The van der Waals surface area contributed by atoms with Crippen LogP contribution in [0, 0.1) is 0 Å². The average Bonchev–Trinajstić information content (AvgIpc) is 2.74. The molecular weight excluding hydrogens is 218 g/mol. The van der Waals surface area contributed by atoms with Crippen LogP contribution in [0.1, 0.15) is 10.9 Å². The molecule has 6 heteroatoms. The summed E-state index contributed by atoms with van der Waals surface area (Å²) in [5.74, 6) is 7.61. The first kappa shape index (κ1) is 10.4. The van der Waals surface area contributed by atoms with Crippen LogP contribution in [0.25, 0.3) is 0 Å². The van der Waals surface area contributed by atoms with Crippen molar-refractivity contribution in [3.8, 4) is 0 Å². The van der Waals surface area contributed by atoms with Gasteiger partial charge in [-0.2, -0.15) is 11.8 Å². The Morgan fingerprint density at radius 2 is 2.64 bits per heavy atom. The summed E-state index contributed by atoms with van der Waals surface area (Å²) in [4.78, 5) is 1.14. The molecule has 4 nitrogen and oxygen atoms in total. The highest BCUT2D eigenvalue weighted by Crippen LogP contribution is 2.26. The normalized spacial score (nSPS) is 24.8. The molecule has 0 saturated carbocycles. The summed E-state index contributed by atoms with van der Waals surface area (Å²) in [5, 5.41) is 0. The number of ether oxygens (including phenoxy) is 1. The topological polar surface area (TPSA) is 60.2 Å². The number of rotatable bonds is 3. The zero-order chi connectivity index (χ0) is 9.80. The van der Waals surface area contributed by atoms with Crippen molar-refractivity contribution in [1.29, 1.82) is 0 Å². The Balaban J connectivity index is 2.04. The van der Waals surface area contributed by atoms with Crippen molar-refractivity contribution in [2.45, 2.75) is 12.1 Å². The van der Waals surface area contributed by atoms with Crippen molar-refractivity contribution in [3.63, 3.8) is 0 Å². The third-order valence-electron chi connectivity index (χ3n) is 2.16. The Morgan fingerprint density at radius 3 is 3.21 bits per heavy atom. The molecule has 0 aromatic carbocycles. The van der Waals surface area contributed by atoms with E-state index in [0.717, 1.165) is 23.0 Å². The van der Waals surface area contributed by atoms with Gasteiger partial charge >= 0.3 is 0 Å². The number of hydrogen-bond donors (Lipinski definition) is 2. The molecule has 0 radical (unpaired) electrons. The average molecular weight is 231 g/mol. The number of nitrogens with two attached hydrogens (primary N) is 1. The smallest absolute Gasteiger partial charge is 0.0881 e. The van der Waals surface area contributed by atoms with Crippen molar-refractivity contribution < 1.29 is 4.74 Å². The van der Waals surface area contributed by atoms with Gasteiger partial charge in [0.2, 0.25) is 0 Å². The van der Waals surface area contributed by atoms with Gasteiger partial charge in [0, 0.05) is 22.6 Å². The maximum absolute atomic E-state index is 5.67. The molecule has 0 amide bonds. The second kappa shape index (κ2) is 5.09. The van der Waals surface area contributed by atoms with Crippen LogP contribution in [-0.2, 0) is 4.74 Å². The largest absolute Gasteiger partial charge is 0.374 e. The minimum atomic E-state index is 0.0790. The molecule has 1 fully saturated rings. The predicted molar refractivity (Wildman–Crippen MR) is 59.2 cm³/mol. The standard InChI is InChI=1S/C8H13N3OS2/c9-11-8(7-1-2-10-14-7)6-5-13-4-3-12-6/h1-2,6,8,11H,3-5,9H2. The zero-order valence-corrected chi connectivity index (χ0v) is 9.31. The Bertz CT molecular complexity index is 262. The van der Waals surface area contributed by atoms with Gasteiger partial charge < -0.3 is 4.74 Å². The summed E-state index contributed by atoms with van der Waals surface area (Å²) in [6, 6.07) is 2.06. The number of hydrazine groups is 1. The van der Waals surface area contributed by atoms with E-state index in [1.54, 1.807) is 6.20 Å². The van der Waals surface area contributed by atoms with Gasteiger partial charge in [0.05, 0.1) is 18.8 Å². The van der Waals surface area contributed by atoms with E-state index < -0.39 is 0 Å². The first-order valence-corrected chi connectivity index (χ1v) is 6.40. The Labute approximate surface area is 91.3 Å². The molecule has 2 rings (SSSR count). The Kier molecular flexibility index (Phi) is 3.77. The van der Waals surface area contributed by atoms with E-state index in [9.17, 15) is 0 Å². The lowest BCUT2D eigenvalue weighted by molar-refractivity contribution is 0.0477. The lowest BCUT2D eigenvalue weighted by Gasteiger charge is -2.28. The molecule has 1 saturated heterocycles. The van der Waals surface area contributed by atoms with E-state index >= 15 is 0 Å². The monoisotopic (exact) mass is 231 g/mol. The van der Waals surface area contributed by atoms with Gasteiger partial charge in [-0.05, 0) is 17.6 Å². The fraction of sp³-hybridized carbons (Fsp3) is 0.625. The highest BCUT2D eigenvalue weighted by atomic mass is 32.2. The van der Waals surface area contributed by atoms with E-state index in [-0.39, 0.29) is 12.1 Å². The van der Waals surface area contributed by atoms with E-state index in [4.69, 9.17) is 10.6 Å². The molecule has 1 aliphatic heterocycles. The van der Waals surface area contributed by atoms with E-state index in [1.807, 2.05) is 17.8 Å². The second-order valence-corrected chi connectivity index (χ2v) is 5.06. The van der Waals surface area contributed by atoms with Gasteiger partial charge in [0.25, 0.3) is 0 Å². The molecule has 78 valence electrons. The molecule has 0 spiro atoms. The Hall–Kier alpha value is -0.140. The van der Waals surface area contributed by atoms with Crippen molar-refractivity contribution >= 4 is 23.3 Å². The van der Waals surface area contributed by atoms with Crippen LogP contribution in [0.4, 0.5) is 0 Å². The molecule has 0 bridgehead atoms. The van der Waals surface area contributed by atoms with Crippen LogP contribution in [0.3, 0.4) is 0 Å². The number of nitrogens with one attached hydrogen (secondary N) is 1. The fourth-order valence-corrected chi connectivity index (χ4v) is 3.06. The van der Waals surface area contributed by atoms with Crippen LogP contribution >= 0.6 is 23.3 Å². The zero-order valence-electron chi connectivity index (χ0n) is 7.68. The third kappa shape index (κ3) is 2.26. The summed E-state index contributed by atoms with van der Waals surface area (Å²) in [6.07, 6.45) is 1.96. The van der Waals surface area contributed by atoms with Gasteiger partial charge in [-0.3, -0.25) is 5.84 Å². The minimum Gasteiger partial charge on any atom is -0.374 e. The summed E-state index contributed by atoms with van der Waals surface area (Å²) in [5.41, 5.74) is 2.81. The van der Waals surface area contributed by atoms with Crippen LogP contribution in [0.2, 0.25) is 0 Å². The van der Waals surface area contributed by atoms with Gasteiger partial charge in [-0.15, -0.1) is 0 Å². The fourth-order valence-electron chi connectivity index (χ4n) is 1.46. The molecule has 0 aliphatic carbocycles. The number of thioether (sulfide) groups is 1. The molecule has 1 aromatic heterocycles.